The molecule has 3 atom stereocenters. The second-order valence-corrected chi connectivity index (χ2v) is 11.7. The largest absolute Gasteiger partial charge is 0.464 e. The van der Waals surface area contributed by atoms with Crippen molar-refractivity contribution in [3.8, 4) is 0 Å². The van der Waals surface area contributed by atoms with Gasteiger partial charge in [-0.1, -0.05) is 11.1 Å². The summed E-state index contributed by atoms with van der Waals surface area (Å²) < 4.78 is 5.24. The van der Waals surface area contributed by atoms with Crippen molar-refractivity contribution >= 4 is 41.4 Å². The molecular weight excluding hydrogens is 648 g/mol. The number of hydrogen-bond donors (Lipinski definition) is 7. The fourth-order valence-corrected chi connectivity index (χ4v) is 4.59. The van der Waals surface area contributed by atoms with Gasteiger partial charge in [-0.15, -0.1) is 0 Å². The lowest BCUT2D eigenvalue weighted by molar-refractivity contribution is -0.163. The lowest BCUT2D eigenvalue weighted by Gasteiger charge is -2.30. The Morgan fingerprint density at radius 3 is 1.71 bits per heavy atom. The molecule has 49 heavy (non-hydrogen) atoms. The first kappa shape index (κ1) is 42.6. The number of hydrogen-bond acceptors (Lipinski definition) is 12. The third-order valence-corrected chi connectivity index (χ3v) is 7.38. The summed E-state index contributed by atoms with van der Waals surface area (Å²) in [5, 5.41) is 47.6. The molecule has 0 aromatic heterocycles. The van der Waals surface area contributed by atoms with Crippen LogP contribution in [0.5, 0.6) is 0 Å². The first-order valence-corrected chi connectivity index (χ1v) is 16.0. The Morgan fingerprint density at radius 1 is 0.776 bits per heavy atom. The van der Waals surface area contributed by atoms with Crippen molar-refractivity contribution in [2.45, 2.75) is 97.2 Å². The molecule has 0 saturated carbocycles. The minimum absolute atomic E-state index is 0.0137. The number of carbonyl (C=O) groups excluding carboxylic acids is 7. The zero-order chi connectivity index (χ0) is 37.1. The zero-order valence-electron chi connectivity index (χ0n) is 28.5. The molecular formula is C31H50N6O12. The molecule has 18 nitrogen and oxygen atoms in total. The third-order valence-electron chi connectivity index (χ3n) is 7.38. The van der Waals surface area contributed by atoms with Crippen molar-refractivity contribution in [3.63, 3.8) is 0 Å². The van der Waals surface area contributed by atoms with E-state index in [0.717, 1.165) is 6.08 Å². The van der Waals surface area contributed by atoms with Crippen LogP contribution in [0, 0.1) is 0 Å². The van der Waals surface area contributed by atoms with E-state index in [9.17, 15) is 49.2 Å². The van der Waals surface area contributed by atoms with Crippen LogP contribution in [0.2, 0.25) is 0 Å². The minimum Gasteiger partial charge on any atom is -0.464 e. The van der Waals surface area contributed by atoms with Crippen molar-refractivity contribution < 1.29 is 59.0 Å². The van der Waals surface area contributed by atoms with E-state index in [-0.39, 0.29) is 84.2 Å². The predicted molar refractivity (Wildman–Crippen MR) is 170 cm³/mol. The highest BCUT2D eigenvalue weighted by Crippen LogP contribution is 2.11. The number of hydroxylamine groups is 6. The van der Waals surface area contributed by atoms with Crippen LogP contribution in [0.3, 0.4) is 0 Å². The van der Waals surface area contributed by atoms with Crippen LogP contribution >= 0.6 is 0 Å². The Kier molecular flexibility index (Phi) is 19.4. The Bertz CT molecular complexity index is 1240. The van der Waals surface area contributed by atoms with Gasteiger partial charge >= 0.3 is 5.97 Å². The van der Waals surface area contributed by atoms with E-state index in [1.165, 1.54) is 19.9 Å². The molecule has 0 radical (unpaired) electrons. The molecule has 1 fully saturated rings. The molecule has 6 amide bonds. The Hall–Kier alpha value is -4.39. The van der Waals surface area contributed by atoms with Crippen LogP contribution < -0.4 is 16.0 Å². The zero-order valence-corrected chi connectivity index (χ0v) is 28.5. The number of carbonyl (C=O) groups is 7. The molecule has 18 heteroatoms. The monoisotopic (exact) mass is 698 g/mol. The topological polar surface area (TPSA) is 255 Å². The maximum Gasteiger partial charge on any atom is 0.328 e. The predicted octanol–water partition coefficient (Wildman–Crippen LogP) is -0.303. The van der Waals surface area contributed by atoms with Crippen LogP contribution in [0.15, 0.2) is 23.3 Å². The number of aliphatic hydroxyl groups excluding tert-OH is 1. The normalized spacial score (nSPS) is 17.0. The number of nitrogens with zero attached hydrogens (tertiary/aromatic N) is 3. The second-order valence-electron chi connectivity index (χ2n) is 11.7. The fraction of sp³-hybridized carbons (Fsp3) is 0.645. The van der Waals surface area contributed by atoms with Crippen molar-refractivity contribution in [1.29, 1.82) is 0 Å². The number of rotatable bonds is 21. The van der Waals surface area contributed by atoms with Gasteiger partial charge in [0.1, 0.15) is 18.1 Å². The summed E-state index contributed by atoms with van der Waals surface area (Å²) in [6.07, 6.45) is 3.80. The van der Waals surface area contributed by atoms with Gasteiger partial charge in [0.2, 0.25) is 23.6 Å². The van der Waals surface area contributed by atoms with Gasteiger partial charge in [-0.3, -0.25) is 44.4 Å². The second kappa shape index (κ2) is 22.3. The van der Waals surface area contributed by atoms with Gasteiger partial charge in [0.05, 0.1) is 6.61 Å². The maximum absolute atomic E-state index is 12.6. The highest BCUT2D eigenvalue weighted by Gasteiger charge is 2.33. The lowest BCUT2D eigenvalue weighted by atomic mass is 10.0. The number of aliphatic hydroxyl groups is 1. The summed E-state index contributed by atoms with van der Waals surface area (Å²) in [6, 6.07) is -2.71. The van der Waals surface area contributed by atoms with E-state index in [4.69, 9.17) is 9.84 Å². The molecule has 0 aromatic carbocycles. The highest BCUT2D eigenvalue weighted by atomic mass is 16.5. The summed E-state index contributed by atoms with van der Waals surface area (Å²) in [6.45, 7) is 5.12. The number of esters is 1. The average molecular weight is 699 g/mol. The van der Waals surface area contributed by atoms with Gasteiger partial charge in [-0.25, -0.2) is 20.0 Å². The molecule has 1 saturated heterocycles. The van der Waals surface area contributed by atoms with Crippen molar-refractivity contribution in [3.05, 3.63) is 23.3 Å². The van der Waals surface area contributed by atoms with Gasteiger partial charge in [-0.2, -0.15) is 0 Å². The molecule has 7 N–H and O–H groups in total. The van der Waals surface area contributed by atoms with Crippen LogP contribution in [-0.2, 0) is 38.3 Å². The van der Waals surface area contributed by atoms with Gasteiger partial charge in [0, 0.05) is 58.7 Å². The lowest BCUT2D eigenvalue weighted by Crippen LogP contribution is -2.61. The number of amides is 6. The molecule has 0 bridgehead atoms. The van der Waals surface area contributed by atoms with Crippen LogP contribution in [0.4, 0.5) is 0 Å². The minimum atomic E-state index is -1.04. The summed E-state index contributed by atoms with van der Waals surface area (Å²) in [5.74, 6) is -4.04. The third kappa shape index (κ3) is 17.0. The first-order valence-electron chi connectivity index (χ1n) is 16.0. The van der Waals surface area contributed by atoms with Gasteiger partial charge in [-0.05, 0) is 58.8 Å². The summed E-state index contributed by atoms with van der Waals surface area (Å²) in [4.78, 5) is 84.5. The average Bonchev–Trinajstić information content (AvgIpc) is 3.01. The quantitative estimate of drug-likeness (QED) is 0.0353. The number of piperazine rings is 1. The molecule has 276 valence electrons. The Labute approximate surface area is 285 Å². The smallest absolute Gasteiger partial charge is 0.328 e. The molecule has 0 spiro atoms. The number of ether oxygens (including phenoxy) is 1. The molecule has 0 aliphatic carbocycles. The SMILES string of the molecule is CC(=O)N[C@@H](CCCN(O)C(=O)C=C(C)CCO)C(=O)OCCC(C)=CC(=O)N(O)CCCC1NC(=O)[C@@H](CCCN(O)C(C)=O)NC1=O. The standard InChI is InChI=1S/C31H50N6O12/c1-20(11-16-38)18-27(41)37(48)15-7-10-26(32-22(3)39)31(45)49-17-12-21(2)19-28(42)36(47)14-6-9-25-30(44)33-24(29(43)34-25)8-5-13-35(46)23(4)40/h18-19,24-26,38,46-48H,5-17H2,1-4H3,(H,32,39)(H,33,44)(H,34,43)/t24-,25?,26+/m1/s1. The summed E-state index contributed by atoms with van der Waals surface area (Å²) in [5.41, 5.74) is 1.06. The van der Waals surface area contributed by atoms with Crippen molar-refractivity contribution in [2.24, 2.45) is 0 Å². The van der Waals surface area contributed by atoms with E-state index >= 15 is 0 Å². The Morgan fingerprint density at radius 2 is 1.24 bits per heavy atom. The Balaban J connectivity index is 2.46. The summed E-state index contributed by atoms with van der Waals surface area (Å²) >= 11 is 0. The maximum atomic E-state index is 12.6. The number of nitrogens with one attached hydrogen (secondary N) is 3. The molecule has 1 heterocycles. The van der Waals surface area contributed by atoms with Crippen LogP contribution in [0.1, 0.15) is 79.1 Å². The van der Waals surface area contributed by atoms with E-state index < -0.39 is 59.5 Å². The molecule has 1 aliphatic rings. The van der Waals surface area contributed by atoms with E-state index in [1.54, 1.807) is 13.8 Å². The molecule has 1 aliphatic heterocycles. The molecule has 1 unspecified atom stereocenters. The van der Waals surface area contributed by atoms with Crippen LogP contribution in [-0.4, -0.2) is 128 Å². The fourth-order valence-electron chi connectivity index (χ4n) is 4.59. The first-order chi connectivity index (χ1) is 23.0. The van der Waals surface area contributed by atoms with E-state index in [0.29, 0.717) is 26.3 Å². The van der Waals surface area contributed by atoms with Crippen LogP contribution in [0.25, 0.3) is 0 Å². The van der Waals surface area contributed by atoms with E-state index in [2.05, 4.69) is 16.0 Å². The molecule has 0 aromatic rings. The van der Waals surface area contributed by atoms with Crippen molar-refractivity contribution in [2.75, 3.05) is 32.8 Å². The van der Waals surface area contributed by atoms with E-state index in [1.807, 2.05) is 0 Å². The highest BCUT2D eigenvalue weighted by molar-refractivity contribution is 5.96. The van der Waals surface area contributed by atoms with Gasteiger partial charge < -0.3 is 25.8 Å². The van der Waals surface area contributed by atoms with Gasteiger partial charge in [0.25, 0.3) is 11.8 Å². The van der Waals surface area contributed by atoms with Gasteiger partial charge in [0.15, 0.2) is 0 Å². The summed E-state index contributed by atoms with van der Waals surface area (Å²) in [7, 11) is 0. The molecule has 1 rings (SSSR count). The van der Waals surface area contributed by atoms with Crippen molar-refractivity contribution in [1.82, 2.24) is 31.1 Å².